The van der Waals surface area contributed by atoms with Gasteiger partial charge < -0.3 is 0 Å². The lowest BCUT2D eigenvalue weighted by molar-refractivity contribution is -0.385. The Balaban J connectivity index is 2.72. The molecule has 0 aliphatic heterocycles. The van der Waals surface area contributed by atoms with Gasteiger partial charge >= 0.3 is 0 Å². The van der Waals surface area contributed by atoms with Crippen molar-refractivity contribution in [2.75, 3.05) is 10.8 Å². The summed E-state index contributed by atoms with van der Waals surface area (Å²) < 4.78 is 27.4. The van der Waals surface area contributed by atoms with Crippen LogP contribution >= 0.6 is 0 Å². The van der Waals surface area contributed by atoms with Crippen molar-refractivity contribution in [1.82, 2.24) is 0 Å². The third-order valence-corrected chi connectivity index (χ3v) is 5.84. The van der Waals surface area contributed by atoms with Crippen LogP contribution in [-0.4, -0.2) is 24.8 Å². The van der Waals surface area contributed by atoms with E-state index in [0.29, 0.717) is 11.1 Å². The van der Waals surface area contributed by atoms with Gasteiger partial charge in [-0.05, 0) is 25.0 Å². The van der Waals surface area contributed by atoms with Crippen molar-refractivity contribution >= 4 is 27.1 Å². The highest BCUT2D eigenvalue weighted by Gasteiger charge is 2.29. The molecule has 0 bridgehead atoms. The Labute approximate surface area is 155 Å². The van der Waals surface area contributed by atoms with Crippen LogP contribution in [0.15, 0.2) is 53.9 Å². The van der Waals surface area contributed by atoms with Crippen LogP contribution in [0.2, 0.25) is 0 Å². The fraction of sp³-hybridized carbons (Fsp3) is 0.176. The molecule has 0 saturated carbocycles. The number of anilines is 1. The molecule has 2 aromatic rings. The van der Waals surface area contributed by atoms with E-state index in [2.05, 4.69) is 6.58 Å². The van der Waals surface area contributed by atoms with Gasteiger partial charge in [0, 0.05) is 24.3 Å². The van der Waals surface area contributed by atoms with E-state index >= 15 is 0 Å². The summed E-state index contributed by atoms with van der Waals surface area (Å²) >= 11 is 0. The maximum atomic E-state index is 13.2. The van der Waals surface area contributed by atoms with Crippen molar-refractivity contribution in [3.05, 3.63) is 80.4 Å². The first-order valence-electron chi connectivity index (χ1n) is 7.73. The molecule has 0 aromatic heterocycles. The first-order chi connectivity index (χ1) is 12.6. The molecule has 10 heteroatoms. The number of nitro groups is 2. The molecule has 0 heterocycles. The number of non-ortho nitro benzene ring substituents is 2. The first kappa shape index (κ1) is 20.0. The van der Waals surface area contributed by atoms with Gasteiger partial charge in [-0.2, -0.15) is 0 Å². The predicted molar refractivity (Wildman–Crippen MR) is 100 cm³/mol. The molecular formula is C17H17N3O6S. The number of hydrogen-bond donors (Lipinski definition) is 0. The maximum Gasteiger partial charge on any atom is 0.271 e. The number of hydrogen-bond acceptors (Lipinski definition) is 6. The second-order valence-electron chi connectivity index (χ2n) is 5.76. The van der Waals surface area contributed by atoms with Gasteiger partial charge in [-0.15, -0.1) is 6.58 Å². The Morgan fingerprint density at radius 1 is 1.00 bits per heavy atom. The minimum atomic E-state index is -4.23. The highest BCUT2D eigenvalue weighted by atomic mass is 32.2. The number of aryl methyl sites for hydroxylation is 2. The van der Waals surface area contributed by atoms with Gasteiger partial charge in [0.05, 0.1) is 27.0 Å². The molecular weight excluding hydrogens is 374 g/mol. The van der Waals surface area contributed by atoms with Crippen LogP contribution in [0.3, 0.4) is 0 Å². The molecule has 2 rings (SSSR count). The second-order valence-corrected chi connectivity index (χ2v) is 7.59. The predicted octanol–water partition coefficient (Wildman–Crippen LogP) is 3.50. The molecule has 0 spiro atoms. The van der Waals surface area contributed by atoms with Gasteiger partial charge in [0.15, 0.2) is 0 Å². The SMILES string of the molecule is C=CCN(c1cc([N+](=O)[O-])ccc1C)S(=O)(=O)c1cc([N+](=O)[O-])ccc1C. The van der Waals surface area contributed by atoms with Crippen LogP contribution in [0.1, 0.15) is 11.1 Å². The standard InChI is InChI=1S/C17H17N3O6S/c1-4-9-18(16-10-14(19(21)22)7-5-12(16)2)27(25,26)17-11-15(20(23)24)8-6-13(17)3/h4-8,10-11H,1,9H2,2-3H3. The molecule has 0 unspecified atom stereocenters. The van der Waals surface area contributed by atoms with Crippen molar-refractivity contribution in [2.24, 2.45) is 0 Å². The van der Waals surface area contributed by atoms with Crippen molar-refractivity contribution < 1.29 is 18.3 Å². The Morgan fingerprint density at radius 2 is 1.52 bits per heavy atom. The fourth-order valence-electron chi connectivity index (χ4n) is 2.52. The average molecular weight is 391 g/mol. The molecule has 0 saturated heterocycles. The van der Waals surface area contributed by atoms with Gasteiger partial charge in [-0.1, -0.05) is 18.2 Å². The highest BCUT2D eigenvalue weighted by molar-refractivity contribution is 7.92. The Kier molecular flexibility index (Phi) is 5.60. The smallest absolute Gasteiger partial charge is 0.262 e. The summed E-state index contributed by atoms with van der Waals surface area (Å²) in [6.45, 7) is 6.51. The lowest BCUT2D eigenvalue weighted by atomic mass is 10.2. The summed E-state index contributed by atoms with van der Waals surface area (Å²) in [5, 5.41) is 22.1. The number of rotatable bonds is 7. The minimum absolute atomic E-state index is 0.106. The van der Waals surface area contributed by atoms with Gasteiger partial charge in [0.25, 0.3) is 21.4 Å². The number of sulfonamides is 1. The molecule has 0 N–H and O–H groups in total. The van der Waals surface area contributed by atoms with Crippen LogP contribution in [0.25, 0.3) is 0 Å². The van der Waals surface area contributed by atoms with Gasteiger partial charge in [0.2, 0.25) is 0 Å². The summed E-state index contributed by atoms with van der Waals surface area (Å²) in [4.78, 5) is 20.6. The minimum Gasteiger partial charge on any atom is -0.262 e. The van der Waals surface area contributed by atoms with Crippen LogP contribution in [0.4, 0.5) is 17.1 Å². The van der Waals surface area contributed by atoms with Crippen molar-refractivity contribution in [3.8, 4) is 0 Å². The quantitative estimate of drug-likeness (QED) is 0.404. The van der Waals surface area contributed by atoms with Gasteiger partial charge in [-0.3, -0.25) is 24.5 Å². The Morgan fingerprint density at radius 3 is 2.04 bits per heavy atom. The van der Waals surface area contributed by atoms with Crippen molar-refractivity contribution in [1.29, 1.82) is 0 Å². The van der Waals surface area contributed by atoms with E-state index < -0.39 is 19.9 Å². The summed E-state index contributed by atoms with van der Waals surface area (Å²) in [7, 11) is -4.23. The van der Waals surface area contributed by atoms with E-state index in [1.54, 1.807) is 6.92 Å². The molecule has 9 nitrogen and oxygen atoms in total. The molecule has 0 aliphatic carbocycles. The van der Waals surface area contributed by atoms with Crippen LogP contribution in [-0.2, 0) is 10.0 Å². The topological polar surface area (TPSA) is 124 Å². The molecule has 27 heavy (non-hydrogen) atoms. The molecule has 0 atom stereocenters. The van der Waals surface area contributed by atoms with E-state index in [1.165, 1.54) is 37.3 Å². The Bertz CT molecular complexity index is 1030. The summed E-state index contributed by atoms with van der Waals surface area (Å²) in [5.41, 5.74) is 0.283. The molecule has 0 radical (unpaired) electrons. The van der Waals surface area contributed by atoms with Crippen LogP contribution in [0.5, 0.6) is 0 Å². The van der Waals surface area contributed by atoms with E-state index in [9.17, 15) is 28.6 Å². The molecule has 142 valence electrons. The maximum absolute atomic E-state index is 13.2. The first-order valence-corrected chi connectivity index (χ1v) is 9.17. The number of nitrogens with zero attached hydrogens (tertiary/aromatic N) is 3. The van der Waals surface area contributed by atoms with Crippen LogP contribution < -0.4 is 4.31 Å². The van der Waals surface area contributed by atoms with E-state index in [0.717, 1.165) is 16.4 Å². The van der Waals surface area contributed by atoms with E-state index in [-0.39, 0.29) is 28.5 Å². The number of nitro benzene ring substituents is 2. The lowest BCUT2D eigenvalue weighted by Crippen LogP contribution is -2.32. The van der Waals surface area contributed by atoms with Gasteiger partial charge in [0.1, 0.15) is 0 Å². The summed E-state index contributed by atoms with van der Waals surface area (Å²) in [6, 6.07) is 7.41. The zero-order valence-electron chi connectivity index (χ0n) is 14.7. The molecule has 2 aromatic carbocycles. The van der Waals surface area contributed by atoms with Gasteiger partial charge in [-0.25, -0.2) is 8.42 Å². The van der Waals surface area contributed by atoms with Crippen molar-refractivity contribution in [2.45, 2.75) is 18.7 Å². The lowest BCUT2D eigenvalue weighted by Gasteiger charge is -2.25. The monoisotopic (exact) mass is 391 g/mol. The third kappa shape index (κ3) is 3.95. The highest BCUT2D eigenvalue weighted by Crippen LogP contribution is 2.32. The van der Waals surface area contributed by atoms with Crippen molar-refractivity contribution in [3.63, 3.8) is 0 Å². The zero-order chi connectivity index (χ0) is 20.4. The summed E-state index contributed by atoms with van der Waals surface area (Å²) in [5.74, 6) is 0. The van der Waals surface area contributed by atoms with E-state index in [4.69, 9.17) is 0 Å². The summed E-state index contributed by atoms with van der Waals surface area (Å²) in [6.07, 6.45) is 1.34. The third-order valence-electron chi connectivity index (χ3n) is 3.92. The number of benzene rings is 2. The molecule has 0 aliphatic rings. The fourth-order valence-corrected chi connectivity index (χ4v) is 4.26. The van der Waals surface area contributed by atoms with E-state index in [1.807, 2.05) is 0 Å². The largest absolute Gasteiger partial charge is 0.271 e. The Hall–Kier alpha value is -3.27. The second kappa shape index (κ2) is 7.54. The molecule has 0 amide bonds. The molecule has 0 fully saturated rings. The average Bonchev–Trinajstić information content (AvgIpc) is 2.60. The zero-order valence-corrected chi connectivity index (χ0v) is 15.5. The van der Waals surface area contributed by atoms with Crippen LogP contribution in [0, 0.1) is 34.1 Å². The normalized spacial score (nSPS) is 11.0.